The molecule has 0 radical (unpaired) electrons. The van der Waals surface area contributed by atoms with Crippen molar-refractivity contribution in [2.45, 2.75) is 18.2 Å². The van der Waals surface area contributed by atoms with Gasteiger partial charge in [-0.25, -0.2) is 8.42 Å². The van der Waals surface area contributed by atoms with E-state index >= 15 is 0 Å². The predicted octanol–water partition coefficient (Wildman–Crippen LogP) is 2.77. The zero-order valence-electron chi connectivity index (χ0n) is 18.3. The highest BCUT2D eigenvalue weighted by molar-refractivity contribution is 7.89. The van der Waals surface area contributed by atoms with Crippen LogP contribution in [0.25, 0.3) is 0 Å². The zero-order chi connectivity index (χ0) is 23.1. The molecule has 0 saturated carbocycles. The highest BCUT2D eigenvalue weighted by atomic mass is 32.2. The van der Waals surface area contributed by atoms with Crippen LogP contribution in [0.5, 0.6) is 11.5 Å². The maximum absolute atomic E-state index is 12.9. The minimum atomic E-state index is -3.66. The van der Waals surface area contributed by atoms with Crippen molar-refractivity contribution in [3.05, 3.63) is 60.2 Å². The molecule has 0 spiro atoms. The van der Waals surface area contributed by atoms with Gasteiger partial charge in [-0.2, -0.15) is 4.31 Å². The smallest absolute Gasteiger partial charge is 0.262 e. The standard InChI is InChI=1S/C23H28N2O6S/c1-4-5-18-7-9-21(22(14-18)29-3)31-16-23(26)24-20-15-19(8-6-17(20)2)32(27,28)25-10-12-30-13-11-25/h4,6-9,14-15H,1,5,10-13,16H2,2-3H3,(H,24,26). The van der Waals surface area contributed by atoms with Gasteiger partial charge in [0.2, 0.25) is 10.0 Å². The third-order valence-electron chi connectivity index (χ3n) is 5.06. The Morgan fingerprint density at radius 1 is 1.19 bits per heavy atom. The van der Waals surface area contributed by atoms with E-state index in [1.54, 1.807) is 31.2 Å². The van der Waals surface area contributed by atoms with E-state index in [1.165, 1.54) is 17.5 Å². The highest BCUT2D eigenvalue weighted by Gasteiger charge is 2.27. The number of nitrogens with one attached hydrogen (secondary N) is 1. The molecule has 32 heavy (non-hydrogen) atoms. The number of morpholine rings is 1. The van der Waals surface area contributed by atoms with Crippen molar-refractivity contribution in [3.8, 4) is 11.5 Å². The first-order chi connectivity index (χ1) is 15.3. The summed E-state index contributed by atoms with van der Waals surface area (Å²) in [4.78, 5) is 12.6. The molecule has 1 fully saturated rings. The number of nitrogens with zero attached hydrogens (tertiary/aromatic N) is 1. The molecule has 1 aliphatic rings. The van der Waals surface area contributed by atoms with Crippen molar-refractivity contribution < 1.29 is 27.4 Å². The molecule has 0 bridgehead atoms. The number of carbonyl (C=O) groups is 1. The van der Waals surface area contributed by atoms with Crippen LogP contribution in [0.1, 0.15) is 11.1 Å². The van der Waals surface area contributed by atoms with Gasteiger partial charge in [-0.3, -0.25) is 4.79 Å². The molecule has 9 heteroatoms. The fraction of sp³-hybridized carbons (Fsp3) is 0.348. The van der Waals surface area contributed by atoms with Crippen molar-refractivity contribution >= 4 is 21.6 Å². The number of ether oxygens (including phenoxy) is 3. The lowest BCUT2D eigenvalue weighted by Gasteiger charge is -2.26. The van der Waals surface area contributed by atoms with Gasteiger partial charge >= 0.3 is 0 Å². The molecule has 1 amide bonds. The van der Waals surface area contributed by atoms with E-state index < -0.39 is 15.9 Å². The van der Waals surface area contributed by atoms with Gasteiger partial charge < -0.3 is 19.5 Å². The normalized spacial score (nSPS) is 14.6. The lowest BCUT2D eigenvalue weighted by atomic mass is 10.1. The number of sulfonamides is 1. The van der Waals surface area contributed by atoms with Gasteiger partial charge in [0.1, 0.15) is 0 Å². The molecule has 172 valence electrons. The molecular weight excluding hydrogens is 432 g/mol. The summed E-state index contributed by atoms with van der Waals surface area (Å²) in [6, 6.07) is 10.1. The fourth-order valence-electron chi connectivity index (χ4n) is 3.29. The highest BCUT2D eigenvalue weighted by Crippen LogP contribution is 2.28. The first kappa shape index (κ1) is 23.8. The minimum absolute atomic E-state index is 0.126. The summed E-state index contributed by atoms with van der Waals surface area (Å²) in [5, 5.41) is 2.74. The van der Waals surface area contributed by atoms with Gasteiger partial charge in [-0.1, -0.05) is 18.2 Å². The van der Waals surface area contributed by atoms with E-state index in [0.29, 0.717) is 49.9 Å². The molecule has 2 aromatic rings. The van der Waals surface area contributed by atoms with Crippen LogP contribution in [0.15, 0.2) is 53.9 Å². The van der Waals surface area contributed by atoms with Gasteiger partial charge in [0, 0.05) is 18.8 Å². The molecule has 1 N–H and O–H groups in total. The van der Waals surface area contributed by atoms with Crippen LogP contribution in [0.4, 0.5) is 5.69 Å². The molecule has 0 unspecified atom stereocenters. The van der Waals surface area contributed by atoms with Crippen molar-refractivity contribution in [1.29, 1.82) is 0 Å². The van der Waals surface area contributed by atoms with Crippen LogP contribution in [0.2, 0.25) is 0 Å². The van der Waals surface area contributed by atoms with E-state index in [4.69, 9.17) is 14.2 Å². The van der Waals surface area contributed by atoms with E-state index in [2.05, 4.69) is 11.9 Å². The lowest BCUT2D eigenvalue weighted by molar-refractivity contribution is -0.118. The third-order valence-corrected chi connectivity index (χ3v) is 6.95. The minimum Gasteiger partial charge on any atom is -0.493 e. The Kier molecular flexibility index (Phi) is 7.89. The molecule has 3 rings (SSSR count). The molecular formula is C23H28N2O6S. The molecule has 1 saturated heterocycles. The van der Waals surface area contributed by atoms with Gasteiger partial charge in [0.15, 0.2) is 18.1 Å². The number of hydrogen-bond acceptors (Lipinski definition) is 6. The average molecular weight is 461 g/mol. The Balaban J connectivity index is 1.69. The quantitative estimate of drug-likeness (QED) is 0.579. The Hall–Kier alpha value is -2.88. The molecule has 8 nitrogen and oxygen atoms in total. The van der Waals surface area contributed by atoms with E-state index in [0.717, 1.165) is 11.1 Å². The largest absolute Gasteiger partial charge is 0.493 e. The second-order valence-corrected chi connectivity index (χ2v) is 9.25. The molecule has 0 aromatic heterocycles. The number of hydrogen-bond donors (Lipinski definition) is 1. The van der Waals surface area contributed by atoms with Crippen molar-refractivity contribution in [3.63, 3.8) is 0 Å². The fourth-order valence-corrected chi connectivity index (χ4v) is 4.72. The van der Waals surface area contributed by atoms with Crippen LogP contribution >= 0.6 is 0 Å². The third kappa shape index (κ3) is 5.67. The number of anilines is 1. The van der Waals surface area contributed by atoms with Crippen molar-refractivity contribution in [1.82, 2.24) is 4.31 Å². The second-order valence-electron chi connectivity index (χ2n) is 7.31. The molecule has 1 aliphatic heterocycles. The number of carbonyl (C=O) groups excluding carboxylic acids is 1. The molecule has 2 aromatic carbocycles. The number of amides is 1. The lowest BCUT2D eigenvalue weighted by Crippen LogP contribution is -2.40. The maximum Gasteiger partial charge on any atom is 0.262 e. The summed E-state index contributed by atoms with van der Waals surface area (Å²) >= 11 is 0. The van der Waals surface area contributed by atoms with E-state index in [1.807, 2.05) is 12.1 Å². The van der Waals surface area contributed by atoms with Crippen LogP contribution in [0, 0.1) is 6.92 Å². The Bertz CT molecular complexity index is 1080. The first-order valence-electron chi connectivity index (χ1n) is 10.2. The maximum atomic E-state index is 12.9. The average Bonchev–Trinajstić information content (AvgIpc) is 2.80. The zero-order valence-corrected chi connectivity index (χ0v) is 19.1. The SMILES string of the molecule is C=CCc1ccc(OCC(=O)Nc2cc(S(=O)(=O)N3CCOCC3)ccc2C)c(OC)c1. The topological polar surface area (TPSA) is 94.2 Å². The molecule has 1 heterocycles. The van der Waals surface area contributed by atoms with Crippen LogP contribution in [-0.4, -0.2) is 58.7 Å². The van der Waals surface area contributed by atoms with E-state index in [9.17, 15) is 13.2 Å². The Labute approximate surface area is 188 Å². The van der Waals surface area contributed by atoms with Gasteiger partial charge in [0.25, 0.3) is 5.91 Å². The van der Waals surface area contributed by atoms with Gasteiger partial charge in [0.05, 0.1) is 25.2 Å². The number of allylic oxidation sites excluding steroid dienone is 1. The Morgan fingerprint density at radius 3 is 2.62 bits per heavy atom. The summed E-state index contributed by atoms with van der Waals surface area (Å²) in [5.74, 6) is 0.550. The first-order valence-corrected chi connectivity index (χ1v) is 11.7. The van der Waals surface area contributed by atoms with Crippen LogP contribution in [-0.2, 0) is 26.0 Å². The number of rotatable bonds is 9. The van der Waals surface area contributed by atoms with Crippen LogP contribution in [0.3, 0.4) is 0 Å². The molecule has 0 atom stereocenters. The van der Waals surface area contributed by atoms with Gasteiger partial charge in [-0.15, -0.1) is 6.58 Å². The van der Waals surface area contributed by atoms with Gasteiger partial charge in [-0.05, 0) is 48.7 Å². The number of aryl methyl sites for hydroxylation is 1. The number of methoxy groups -OCH3 is 1. The van der Waals surface area contributed by atoms with E-state index in [-0.39, 0.29) is 11.5 Å². The summed E-state index contributed by atoms with van der Waals surface area (Å²) in [6.45, 7) is 6.60. The van der Waals surface area contributed by atoms with Crippen LogP contribution < -0.4 is 14.8 Å². The predicted molar refractivity (Wildman–Crippen MR) is 122 cm³/mol. The summed E-state index contributed by atoms with van der Waals surface area (Å²) < 4.78 is 43.4. The second kappa shape index (κ2) is 10.6. The Morgan fingerprint density at radius 2 is 1.94 bits per heavy atom. The molecule has 0 aliphatic carbocycles. The van der Waals surface area contributed by atoms with Crippen molar-refractivity contribution in [2.75, 3.05) is 45.3 Å². The summed E-state index contributed by atoms with van der Waals surface area (Å²) in [5.41, 5.74) is 2.18. The monoisotopic (exact) mass is 460 g/mol. The van der Waals surface area contributed by atoms with Crippen molar-refractivity contribution in [2.24, 2.45) is 0 Å². The summed E-state index contributed by atoms with van der Waals surface area (Å²) in [7, 11) is -2.13. The summed E-state index contributed by atoms with van der Waals surface area (Å²) in [6.07, 6.45) is 2.48. The number of benzene rings is 2.